The molecule has 0 saturated carbocycles. The van der Waals surface area contributed by atoms with Crippen molar-refractivity contribution in [3.63, 3.8) is 0 Å². The summed E-state index contributed by atoms with van der Waals surface area (Å²) in [5, 5.41) is 38.3. The Morgan fingerprint density at radius 1 is 0.686 bits per heavy atom. The highest BCUT2D eigenvalue weighted by Crippen LogP contribution is 2.47. The summed E-state index contributed by atoms with van der Waals surface area (Å²) in [5.41, 5.74) is 25.5. The molecule has 0 radical (unpaired) electrons. The number of fused-ring (bicyclic) bond motifs is 2. The first-order valence-electron chi connectivity index (χ1n) is 21.4. The van der Waals surface area contributed by atoms with Crippen LogP contribution in [0.1, 0.15) is 54.1 Å². The maximum Gasteiger partial charge on any atom is 0.450 e. The molecule has 374 valence electrons. The van der Waals surface area contributed by atoms with E-state index in [1.54, 1.807) is 10.7 Å². The second-order valence-electron chi connectivity index (χ2n) is 16.0. The van der Waals surface area contributed by atoms with Crippen molar-refractivity contribution in [3.8, 4) is 0 Å². The highest BCUT2D eigenvalue weighted by molar-refractivity contribution is 7.54. The summed E-state index contributed by atoms with van der Waals surface area (Å²) in [7, 11) is 0. The monoisotopic (exact) mass is 1060 g/mol. The van der Waals surface area contributed by atoms with Gasteiger partial charge in [-0.05, 0) is 30.5 Å². The van der Waals surface area contributed by atoms with E-state index in [0.717, 1.165) is 16.7 Å². The molecule has 0 amide bonds. The van der Waals surface area contributed by atoms with E-state index < -0.39 is 59.4 Å². The van der Waals surface area contributed by atoms with E-state index in [1.807, 2.05) is 97.9 Å². The molecule has 2 aliphatic rings. The zero-order chi connectivity index (χ0) is 50.6. The highest BCUT2D eigenvalue weighted by Gasteiger charge is 2.57. The number of hydrogen-bond donors (Lipinski definition) is 7. The van der Waals surface area contributed by atoms with Crippen molar-refractivity contribution in [2.75, 3.05) is 41.5 Å². The number of aliphatic hydroxyl groups excluding tert-OH is 2. The van der Waals surface area contributed by atoms with Gasteiger partial charge in [-0.2, -0.15) is 44.3 Å². The van der Waals surface area contributed by atoms with Gasteiger partial charge < -0.3 is 61.9 Å². The van der Waals surface area contributed by atoms with Crippen LogP contribution in [0, 0.1) is 0 Å². The number of halogens is 5. The first-order chi connectivity index (χ1) is 33.5. The number of aliphatic hydroxyl groups is 3. The molecule has 3 aromatic carbocycles. The highest BCUT2D eigenvalue weighted by atomic mass is 35.6. The molecule has 0 bridgehead atoms. The van der Waals surface area contributed by atoms with Gasteiger partial charge in [0.05, 0.1) is 62.2 Å². The van der Waals surface area contributed by atoms with Gasteiger partial charge >= 0.3 is 4.96 Å². The summed E-state index contributed by atoms with van der Waals surface area (Å²) in [6, 6.07) is 30.1. The first-order valence-corrected chi connectivity index (χ1v) is 23.7. The molecule has 8 atom stereocenters. The number of alkyl halides is 2. The van der Waals surface area contributed by atoms with Crippen molar-refractivity contribution in [2.24, 2.45) is 0 Å². The maximum atomic E-state index is 10.5. The lowest BCUT2D eigenvalue weighted by atomic mass is 9.90. The van der Waals surface area contributed by atoms with Crippen molar-refractivity contribution in [1.82, 2.24) is 39.2 Å². The normalized spacial score (nSPS) is 23.7. The van der Waals surface area contributed by atoms with E-state index >= 15 is 0 Å². The minimum absolute atomic E-state index is 0.0313. The Kier molecular flexibility index (Phi) is 19.5. The molecule has 9 rings (SSSR count). The minimum atomic E-state index is -1.63. The largest absolute Gasteiger partial charge is 0.450 e. The molecule has 26 heteroatoms. The van der Waals surface area contributed by atoms with Crippen LogP contribution in [-0.4, -0.2) is 114 Å². The van der Waals surface area contributed by atoms with Crippen LogP contribution in [0.3, 0.4) is 0 Å². The van der Waals surface area contributed by atoms with Crippen LogP contribution in [0.5, 0.6) is 0 Å². The number of nitrogen functional groups attached to an aromatic ring is 4. The van der Waals surface area contributed by atoms with Gasteiger partial charge in [-0.25, -0.2) is 19.0 Å². The van der Waals surface area contributed by atoms with Crippen molar-refractivity contribution in [3.05, 3.63) is 131 Å². The van der Waals surface area contributed by atoms with Crippen molar-refractivity contribution in [2.45, 2.75) is 81.5 Å². The smallest absolute Gasteiger partial charge is 0.394 e. The number of ether oxygens (including phenoxy) is 5. The predicted molar refractivity (Wildman–Crippen MR) is 269 cm³/mol. The third-order valence-electron chi connectivity index (χ3n) is 11.2. The fourth-order valence-electron chi connectivity index (χ4n) is 7.92. The van der Waals surface area contributed by atoms with E-state index in [2.05, 4.69) is 30.1 Å². The molecule has 0 aliphatic carbocycles. The Morgan fingerprint density at radius 2 is 1.11 bits per heavy atom. The number of rotatable bonds is 13. The Bertz CT molecular complexity index is 2720. The average Bonchev–Trinajstić information content (AvgIpc) is 4.07. The second-order valence-corrected chi connectivity index (χ2v) is 18.8. The van der Waals surface area contributed by atoms with Gasteiger partial charge in [0.1, 0.15) is 47.8 Å². The molecule has 0 spiro atoms. The topological polar surface area (TPSA) is 297 Å². The second kappa shape index (κ2) is 25.0. The lowest BCUT2D eigenvalue weighted by Gasteiger charge is -2.35. The van der Waals surface area contributed by atoms with Gasteiger partial charge in [0, 0.05) is 0 Å². The van der Waals surface area contributed by atoms with E-state index in [9.17, 15) is 15.3 Å². The van der Waals surface area contributed by atoms with Crippen LogP contribution in [0.4, 0.5) is 23.5 Å². The first kappa shape index (κ1) is 54.5. The van der Waals surface area contributed by atoms with Gasteiger partial charge in [-0.3, -0.25) is 0 Å². The van der Waals surface area contributed by atoms with E-state index in [1.165, 1.54) is 17.6 Å². The zero-order valence-electron chi connectivity index (χ0n) is 37.8. The third-order valence-corrected chi connectivity index (χ3v) is 11.2. The Balaban J connectivity index is 0.000000238. The molecule has 6 heterocycles. The third kappa shape index (κ3) is 13.2. The molecular formula is C44H52BCl5N12O8. The molecule has 2 aliphatic heterocycles. The van der Waals surface area contributed by atoms with Gasteiger partial charge in [0.25, 0.3) is 0 Å². The average molecular weight is 1070 g/mol. The minimum Gasteiger partial charge on any atom is -0.394 e. The van der Waals surface area contributed by atoms with Gasteiger partial charge in [-0.1, -0.05) is 91.0 Å². The van der Waals surface area contributed by atoms with Gasteiger partial charge in [0.15, 0.2) is 22.9 Å². The molecule has 20 nitrogen and oxygen atoms in total. The Hall–Kier alpha value is -4.85. The molecule has 4 aromatic heterocycles. The fraction of sp³-hybridized carbons (Fsp3) is 0.364. The van der Waals surface area contributed by atoms with Crippen LogP contribution in [-0.2, 0) is 43.5 Å². The molecule has 11 N–H and O–H groups in total. The van der Waals surface area contributed by atoms with Gasteiger partial charge in [-0.15, -0.1) is 33.4 Å². The van der Waals surface area contributed by atoms with Crippen molar-refractivity contribution < 1.29 is 39.0 Å². The molecule has 7 aromatic rings. The number of benzene rings is 3. The summed E-state index contributed by atoms with van der Waals surface area (Å²) in [6.45, 7) is 4.42. The number of aromatic nitrogens is 8. The van der Waals surface area contributed by atoms with Gasteiger partial charge in [0.2, 0.25) is 11.9 Å². The van der Waals surface area contributed by atoms with E-state index in [4.69, 9.17) is 104 Å². The number of imidazole rings is 2. The number of nitrogens with two attached hydrogens (primary N) is 4. The van der Waals surface area contributed by atoms with Crippen LogP contribution < -0.4 is 22.9 Å². The van der Waals surface area contributed by atoms with Crippen LogP contribution in [0.15, 0.2) is 103 Å². The summed E-state index contributed by atoms with van der Waals surface area (Å²) in [5.74, 6) is 0.240. The lowest BCUT2D eigenvalue weighted by molar-refractivity contribution is -0.148. The van der Waals surface area contributed by atoms with E-state index in [0.29, 0.717) is 36.9 Å². The number of hydrogen-bond acceptors (Lipinski definition) is 18. The molecule has 2 saturated heterocycles. The van der Waals surface area contributed by atoms with Crippen molar-refractivity contribution >= 4 is 97.4 Å². The maximum absolute atomic E-state index is 10.5. The number of anilines is 4. The fourth-order valence-corrected chi connectivity index (χ4v) is 7.92. The molecular weight excluding hydrogens is 1010 g/mol. The summed E-state index contributed by atoms with van der Waals surface area (Å²) in [4.78, 5) is 15.7. The SMILES string of the molecule is C[C@@]1(O)[C@H](O)[C@@H](CO)O[C@H]1c1cnc2c(N)nc(N)nn12.C[C@@]1(OCc2ccccc2)[C@H](OCc2ccccc2)[C@@H](COCc2ccccc2)O[C@H]1c1cnc2c(N)nc(N)nn12.ClB(Cl)Cl.ClCCl. The lowest BCUT2D eigenvalue weighted by Crippen LogP contribution is -2.47. The Labute approximate surface area is 427 Å². The summed E-state index contributed by atoms with van der Waals surface area (Å²) >= 11 is 23.9. The number of nitrogens with zero attached hydrogens (tertiary/aromatic N) is 8. The van der Waals surface area contributed by atoms with E-state index in [-0.39, 0.29) is 41.1 Å². The Morgan fingerprint density at radius 3 is 1.57 bits per heavy atom. The predicted octanol–water partition coefficient (Wildman–Crippen LogP) is 5.45. The van der Waals surface area contributed by atoms with Crippen molar-refractivity contribution in [1.29, 1.82) is 0 Å². The quantitative estimate of drug-likeness (QED) is 0.0558. The van der Waals surface area contributed by atoms with Crippen LogP contribution in [0.25, 0.3) is 11.3 Å². The summed E-state index contributed by atoms with van der Waals surface area (Å²) < 4.78 is 34.8. The summed E-state index contributed by atoms with van der Waals surface area (Å²) in [6.07, 6.45) is -1.65. The standard InChI is InChI=1S/C32H34N6O4.C11H16N6O4.CH2Cl2.BCl3/c1-32(41-20-24-15-9-4-10-16-24)27(25-17-35-30-29(33)36-31(34)37-38(25)30)42-26(21-39-18-22-11-5-2-6-12-22)28(32)40-19-23-13-7-3-8-14-23;1-11(20)6(19)5(3-18)21-7(11)4-2-14-9-8(12)15-10(13)16-17(4)9;2-1-3;2-1(3)4/h2-17,26-28H,18-21H2,1H3,(H4,33,34,36,37);2,5-7,18-20H,3H2,1H3,(H4,12,13,15,16);1H2;/t26-,27+,28-,32+;5-,6-,7+,11-;;/m11../s1. The molecule has 0 unspecified atom stereocenters. The zero-order valence-corrected chi connectivity index (χ0v) is 41.5. The molecule has 2 fully saturated rings. The molecule has 70 heavy (non-hydrogen) atoms. The van der Waals surface area contributed by atoms with Crippen LogP contribution in [0.2, 0.25) is 0 Å². The van der Waals surface area contributed by atoms with Crippen LogP contribution >= 0.6 is 57.6 Å².